The lowest BCUT2D eigenvalue weighted by Gasteiger charge is -2.11. The van der Waals surface area contributed by atoms with E-state index in [2.05, 4.69) is 21.2 Å². The number of hydrogen-bond acceptors (Lipinski definition) is 2. The molecule has 0 aliphatic heterocycles. The molecule has 2 nitrogen and oxygen atoms in total. The van der Waals surface area contributed by atoms with Gasteiger partial charge in [0.15, 0.2) is 0 Å². The molecule has 3 N–H and O–H groups in total. The Bertz CT molecular complexity index is 538. The van der Waals surface area contributed by atoms with Crippen molar-refractivity contribution in [1.29, 1.82) is 0 Å². The summed E-state index contributed by atoms with van der Waals surface area (Å²) in [5.74, 6) is 0. The lowest BCUT2D eigenvalue weighted by Crippen LogP contribution is -1.95. The smallest absolute Gasteiger partial charge is 0.0656 e. The fourth-order valence-corrected chi connectivity index (χ4v) is 1.96. The Hall–Kier alpha value is -1.19. The van der Waals surface area contributed by atoms with Gasteiger partial charge in [0, 0.05) is 15.8 Å². The first-order valence-electron chi connectivity index (χ1n) is 5.14. The first-order chi connectivity index (χ1) is 8.06. The molecule has 17 heavy (non-hydrogen) atoms. The fraction of sp³-hybridized carbons (Fsp3) is 0.0769. The first-order valence-corrected chi connectivity index (χ1v) is 6.31. The highest BCUT2D eigenvalue weighted by Gasteiger charge is 2.03. The van der Waals surface area contributed by atoms with Crippen LogP contribution in [0.15, 0.2) is 40.9 Å². The van der Waals surface area contributed by atoms with Crippen LogP contribution in [0.3, 0.4) is 0 Å². The van der Waals surface area contributed by atoms with Crippen LogP contribution in [-0.4, -0.2) is 0 Å². The van der Waals surface area contributed by atoms with Gasteiger partial charge in [-0.3, -0.25) is 0 Å². The van der Waals surface area contributed by atoms with Gasteiger partial charge in [-0.05, 0) is 48.9 Å². The van der Waals surface area contributed by atoms with Gasteiger partial charge in [-0.25, -0.2) is 0 Å². The van der Waals surface area contributed by atoms with Gasteiger partial charge in [0.1, 0.15) is 0 Å². The number of rotatable bonds is 2. The predicted octanol–water partition coefficient (Wildman–Crippen LogP) is 4.74. The summed E-state index contributed by atoms with van der Waals surface area (Å²) >= 11 is 9.41. The lowest BCUT2D eigenvalue weighted by atomic mass is 10.1. The lowest BCUT2D eigenvalue weighted by molar-refractivity contribution is 1.43. The number of halogens is 2. The summed E-state index contributed by atoms with van der Waals surface area (Å²) in [7, 11) is 0. The minimum absolute atomic E-state index is 0.565. The molecule has 0 spiro atoms. The molecular weight excluding hydrogens is 300 g/mol. The van der Waals surface area contributed by atoms with Gasteiger partial charge >= 0.3 is 0 Å². The molecule has 0 saturated carbocycles. The van der Waals surface area contributed by atoms with Crippen LogP contribution in [0.5, 0.6) is 0 Å². The molecule has 88 valence electrons. The zero-order chi connectivity index (χ0) is 12.4. The molecule has 0 aliphatic rings. The third-order valence-electron chi connectivity index (χ3n) is 2.47. The van der Waals surface area contributed by atoms with Crippen molar-refractivity contribution in [2.45, 2.75) is 6.92 Å². The van der Waals surface area contributed by atoms with Crippen molar-refractivity contribution in [3.8, 4) is 0 Å². The quantitative estimate of drug-likeness (QED) is 0.786. The van der Waals surface area contributed by atoms with Crippen LogP contribution in [0.1, 0.15) is 5.56 Å². The molecule has 0 aromatic heterocycles. The Labute approximate surface area is 114 Å². The number of nitrogens with two attached hydrogens (primary N) is 1. The number of benzene rings is 2. The van der Waals surface area contributed by atoms with Crippen LogP contribution in [0.25, 0.3) is 0 Å². The van der Waals surface area contributed by atoms with E-state index in [1.54, 1.807) is 0 Å². The highest BCUT2D eigenvalue weighted by molar-refractivity contribution is 9.10. The third-order valence-corrected chi connectivity index (χ3v) is 3.32. The van der Waals surface area contributed by atoms with Crippen molar-refractivity contribution >= 4 is 44.6 Å². The van der Waals surface area contributed by atoms with Crippen LogP contribution in [0.4, 0.5) is 17.1 Å². The number of hydrogen-bond donors (Lipinski definition) is 2. The molecule has 0 radical (unpaired) electrons. The van der Waals surface area contributed by atoms with E-state index in [1.807, 2.05) is 43.3 Å². The minimum Gasteiger partial charge on any atom is -0.398 e. The van der Waals surface area contributed by atoms with E-state index in [1.165, 1.54) is 0 Å². The molecule has 0 atom stereocenters. The standard InChI is InChI=1S/C13H12BrClN2/c1-8-6-12(16)11(15)7-13(8)17-10-4-2-9(14)3-5-10/h2-7,17H,16H2,1H3. The van der Waals surface area contributed by atoms with Crippen molar-refractivity contribution in [2.75, 3.05) is 11.1 Å². The highest BCUT2D eigenvalue weighted by Crippen LogP contribution is 2.29. The van der Waals surface area contributed by atoms with E-state index < -0.39 is 0 Å². The molecule has 0 amide bonds. The molecule has 0 aliphatic carbocycles. The zero-order valence-corrected chi connectivity index (χ0v) is 11.6. The summed E-state index contributed by atoms with van der Waals surface area (Å²) in [5, 5.41) is 3.87. The first kappa shape index (κ1) is 12.3. The molecule has 0 saturated heterocycles. The van der Waals surface area contributed by atoms with E-state index in [0.29, 0.717) is 10.7 Å². The molecule has 0 bridgehead atoms. The van der Waals surface area contributed by atoms with Crippen molar-refractivity contribution in [1.82, 2.24) is 0 Å². The van der Waals surface area contributed by atoms with Crippen LogP contribution in [-0.2, 0) is 0 Å². The summed E-state index contributed by atoms with van der Waals surface area (Å²) in [5.41, 5.74) is 9.38. The maximum atomic E-state index is 6.00. The number of nitrogens with one attached hydrogen (secondary N) is 1. The Morgan fingerprint density at radius 3 is 2.47 bits per heavy atom. The van der Waals surface area contributed by atoms with Crippen LogP contribution >= 0.6 is 27.5 Å². The molecule has 0 heterocycles. The number of nitrogen functional groups attached to an aromatic ring is 1. The average Bonchev–Trinajstić information content (AvgIpc) is 2.29. The van der Waals surface area contributed by atoms with Gasteiger partial charge < -0.3 is 11.1 Å². The maximum Gasteiger partial charge on any atom is 0.0656 e. The van der Waals surface area contributed by atoms with Gasteiger partial charge in [-0.2, -0.15) is 0 Å². The van der Waals surface area contributed by atoms with E-state index in [9.17, 15) is 0 Å². The molecular formula is C13H12BrClN2. The van der Waals surface area contributed by atoms with Gasteiger partial charge in [-0.1, -0.05) is 27.5 Å². The summed E-state index contributed by atoms with van der Waals surface area (Å²) in [4.78, 5) is 0. The number of anilines is 3. The second-order valence-electron chi connectivity index (χ2n) is 3.82. The zero-order valence-electron chi connectivity index (χ0n) is 9.30. The molecule has 2 rings (SSSR count). The monoisotopic (exact) mass is 310 g/mol. The van der Waals surface area contributed by atoms with Crippen LogP contribution < -0.4 is 11.1 Å². The van der Waals surface area contributed by atoms with Crippen molar-refractivity contribution in [3.05, 3.63) is 51.5 Å². The van der Waals surface area contributed by atoms with E-state index in [-0.39, 0.29) is 0 Å². The minimum atomic E-state index is 0.565. The largest absolute Gasteiger partial charge is 0.398 e. The summed E-state index contributed by atoms with van der Waals surface area (Å²) in [6.45, 7) is 1.99. The Morgan fingerprint density at radius 1 is 1.18 bits per heavy atom. The van der Waals surface area contributed by atoms with Crippen LogP contribution in [0.2, 0.25) is 5.02 Å². The van der Waals surface area contributed by atoms with Crippen molar-refractivity contribution in [3.63, 3.8) is 0 Å². The maximum absolute atomic E-state index is 6.00. The SMILES string of the molecule is Cc1cc(N)c(Cl)cc1Nc1ccc(Br)cc1. The van der Waals surface area contributed by atoms with Crippen LogP contribution in [0, 0.1) is 6.92 Å². The molecule has 2 aromatic carbocycles. The molecule has 2 aromatic rings. The molecule has 0 unspecified atom stereocenters. The molecule has 4 heteroatoms. The molecule has 0 fully saturated rings. The van der Waals surface area contributed by atoms with Gasteiger partial charge in [0.25, 0.3) is 0 Å². The fourth-order valence-electron chi connectivity index (χ4n) is 1.53. The second kappa shape index (κ2) is 4.98. The van der Waals surface area contributed by atoms with E-state index >= 15 is 0 Å². The van der Waals surface area contributed by atoms with Crippen molar-refractivity contribution < 1.29 is 0 Å². The second-order valence-corrected chi connectivity index (χ2v) is 5.14. The number of aryl methyl sites for hydroxylation is 1. The Kier molecular flexibility index (Phi) is 3.60. The van der Waals surface area contributed by atoms with Gasteiger partial charge in [-0.15, -0.1) is 0 Å². The third kappa shape index (κ3) is 2.93. The predicted molar refractivity (Wildman–Crippen MR) is 78.0 cm³/mol. The summed E-state index contributed by atoms with van der Waals surface area (Å²) < 4.78 is 1.05. The average molecular weight is 312 g/mol. The normalized spacial score (nSPS) is 10.3. The summed E-state index contributed by atoms with van der Waals surface area (Å²) in [6, 6.07) is 11.7. The van der Waals surface area contributed by atoms with E-state index in [4.69, 9.17) is 17.3 Å². The topological polar surface area (TPSA) is 38.0 Å². The summed E-state index contributed by atoms with van der Waals surface area (Å²) in [6.07, 6.45) is 0. The van der Waals surface area contributed by atoms with Crippen molar-refractivity contribution in [2.24, 2.45) is 0 Å². The Balaban J connectivity index is 2.30. The van der Waals surface area contributed by atoms with Gasteiger partial charge in [0.2, 0.25) is 0 Å². The van der Waals surface area contributed by atoms with Gasteiger partial charge in [0.05, 0.1) is 10.7 Å². The highest BCUT2D eigenvalue weighted by atomic mass is 79.9. The Morgan fingerprint density at radius 2 is 1.82 bits per heavy atom. The van der Waals surface area contributed by atoms with E-state index in [0.717, 1.165) is 21.4 Å².